The fraction of sp³-hybridized carbons (Fsp3) is 0.316. The minimum atomic E-state index is -0.0689. The highest BCUT2D eigenvalue weighted by Gasteiger charge is 2.14. The summed E-state index contributed by atoms with van der Waals surface area (Å²) in [6, 6.07) is 8.01. The van der Waals surface area contributed by atoms with Crippen molar-refractivity contribution in [1.29, 1.82) is 0 Å². The SMILES string of the molecule is Cc1cc(C)c(NC(=O)CN(C)Cc2nnc(-c3cccs3)o2)c(C)c1. The van der Waals surface area contributed by atoms with Crippen LogP contribution in [0.3, 0.4) is 0 Å². The summed E-state index contributed by atoms with van der Waals surface area (Å²) in [4.78, 5) is 15.2. The number of likely N-dealkylation sites (N-methyl/N-ethyl adjacent to an activating group) is 1. The third kappa shape index (κ3) is 4.36. The van der Waals surface area contributed by atoms with Gasteiger partial charge < -0.3 is 9.73 Å². The molecule has 0 radical (unpaired) electrons. The van der Waals surface area contributed by atoms with E-state index in [2.05, 4.69) is 27.6 Å². The van der Waals surface area contributed by atoms with Crippen LogP contribution in [0.15, 0.2) is 34.1 Å². The van der Waals surface area contributed by atoms with Crippen molar-refractivity contribution >= 4 is 22.9 Å². The first-order valence-corrected chi connectivity index (χ1v) is 9.23. The molecule has 0 bridgehead atoms. The van der Waals surface area contributed by atoms with Gasteiger partial charge >= 0.3 is 0 Å². The molecule has 0 saturated carbocycles. The molecule has 0 fully saturated rings. The average molecular weight is 370 g/mol. The van der Waals surface area contributed by atoms with Crippen LogP contribution in [0.25, 0.3) is 10.8 Å². The second-order valence-electron chi connectivity index (χ2n) is 6.47. The molecular weight excluding hydrogens is 348 g/mol. The first-order valence-electron chi connectivity index (χ1n) is 8.35. The summed E-state index contributed by atoms with van der Waals surface area (Å²) >= 11 is 1.55. The molecule has 1 amide bonds. The molecule has 2 heterocycles. The lowest BCUT2D eigenvalue weighted by Crippen LogP contribution is -2.30. The Kier molecular flexibility index (Phi) is 5.49. The summed E-state index contributed by atoms with van der Waals surface area (Å²) in [7, 11) is 1.85. The number of aryl methyl sites for hydroxylation is 3. The van der Waals surface area contributed by atoms with E-state index in [4.69, 9.17) is 4.42 Å². The first-order chi connectivity index (χ1) is 12.4. The Labute approximate surface area is 156 Å². The van der Waals surface area contributed by atoms with Gasteiger partial charge in [0.15, 0.2) is 0 Å². The number of carbonyl (C=O) groups is 1. The zero-order valence-electron chi connectivity index (χ0n) is 15.4. The smallest absolute Gasteiger partial charge is 0.257 e. The number of hydrogen-bond acceptors (Lipinski definition) is 6. The van der Waals surface area contributed by atoms with E-state index in [-0.39, 0.29) is 12.5 Å². The molecule has 0 saturated heterocycles. The van der Waals surface area contributed by atoms with Gasteiger partial charge in [-0.1, -0.05) is 23.8 Å². The highest BCUT2D eigenvalue weighted by Crippen LogP contribution is 2.23. The molecule has 7 heteroatoms. The summed E-state index contributed by atoms with van der Waals surface area (Å²) in [5, 5.41) is 13.1. The van der Waals surface area contributed by atoms with Gasteiger partial charge in [-0.15, -0.1) is 21.5 Å². The van der Waals surface area contributed by atoms with E-state index in [0.29, 0.717) is 18.3 Å². The summed E-state index contributed by atoms with van der Waals surface area (Å²) < 4.78 is 5.66. The second-order valence-corrected chi connectivity index (χ2v) is 7.42. The van der Waals surface area contributed by atoms with Gasteiger partial charge in [0.1, 0.15) is 0 Å². The van der Waals surface area contributed by atoms with E-state index >= 15 is 0 Å². The Morgan fingerprint density at radius 2 is 1.96 bits per heavy atom. The number of anilines is 1. The van der Waals surface area contributed by atoms with Crippen LogP contribution in [0, 0.1) is 20.8 Å². The first kappa shape index (κ1) is 18.3. The molecule has 3 rings (SSSR count). The van der Waals surface area contributed by atoms with Crippen molar-refractivity contribution in [2.75, 3.05) is 18.9 Å². The van der Waals surface area contributed by atoms with Crippen molar-refractivity contribution in [3.8, 4) is 10.8 Å². The number of benzene rings is 1. The highest BCUT2D eigenvalue weighted by molar-refractivity contribution is 7.13. The highest BCUT2D eigenvalue weighted by atomic mass is 32.1. The topological polar surface area (TPSA) is 71.3 Å². The van der Waals surface area contributed by atoms with E-state index in [1.165, 1.54) is 5.56 Å². The molecule has 26 heavy (non-hydrogen) atoms. The standard InChI is InChI=1S/C19H22N4O2S/c1-12-8-13(2)18(14(3)9-12)20-16(24)10-23(4)11-17-21-22-19(25-17)15-6-5-7-26-15/h5-9H,10-11H2,1-4H3,(H,20,24). The van der Waals surface area contributed by atoms with Crippen LogP contribution in [0.2, 0.25) is 0 Å². The molecule has 0 unspecified atom stereocenters. The van der Waals surface area contributed by atoms with Crippen LogP contribution in [0.1, 0.15) is 22.6 Å². The monoisotopic (exact) mass is 370 g/mol. The van der Waals surface area contributed by atoms with Crippen molar-refractivity contribution in [2.24, 2.45) is 0 Å². The van der Waals surface area contributed by atoms with E-state index in [9.17, 15) is 4.79 Å². The van der Waals surface area contributed by atoms with Gasteiger partial charge in [-0.25, -0.2) is 0 Å². The third-order valence-corrected chi connectivity index (χ3v) is 4.82. The summed E-state index contributed by atoms with van der Waals surface area (Å²) in [5.74, 6) is 0.936. The van der Waals surface area contributed by atoms with E-state index in [0.717, 1.165) is 21.7 Å². The van der Waals surface area contributed by atoms with Gasteiger partial charge in [0.05, 0.1) is 18.0 Å². The molecule has 1 N–H and O–H groups in total. The number of aromatic nitrogens is 2. The number of nitrogens with zero attached hydrogens (tertiary/aromatic N) is 3. The predicted molar refractivity (Wildman–Crippen MR) is 103 cm³/mol. The maximum absolute atomic E-state index is 12.4. The molecular formula is C19H22N4O2S. The van der Waals surface area contributed by atoms with Gasteiger partial charge in [-0.2, -0.15) is 0 Å². The summed E-state index contributed by atoms with van der Waals surface area (Å²) in [5.41, 5.74) is 4.20. The van der Waals surface area contributed by atoms with Crippen LogP contribution >= 0.6 is 11.3 Å². The predicted octanol–water partition coefficient (Wildman–Crippen LogP) is 3.79. The fourth-order valence-corrected chi connectivity index (χ4v) is 3.55. The minimum Gasteiger partial charge on any atom is -0.419 e. The van der Waals surface area contributed by atoms with Crippen LogP contribution in [0.5, 0.6) is 0 Å². The van der Waals surface area contributed by atoms with Crippen molar-refractivity contribution in [2.45, 2.75) is 27.3 Å². The quantitative estimate of drug-likeness (QED) is 0.715. The molecule has 0 spiro atoms. The Bertz CT molecular complexity index is 879. The van der Waals surface area contributed by atoms with Crippen LogP contribution in [-0.2, 0) is 11.3 Å². The van der Waals surface area contributed by atoms with Crippen LogP contribution in [-0.4, -0.2) is 34.6 Å². The van der Waals surface area contributed by atoms with E-state index in [1.54, 1.807) is 11.3 Å². The number of hydrogen-bond donors (Lipinski definition) is 1. The fourth-order valence-electron chi connectivity index (χ4n) is 2.91. The largest absolute Gasteiger partial charge is 0.419 e. The van der Waals surface area contributed by atoms with Crippen LogP contribution < -0.4 is 5.32 Å². The number of thiophene rings is 1. The maximum atomic E-state index is 12.4. The molecule has 1 aromatic carbocycles. The van der Waals surface area contributed by atoms with Crippen molar-refractivity contribution in [3.63, 3.8) is 0 Å². The Hall–Kier alpha value is -2.51. The van der Waals surface area contributed by atoms with Crippen molar-refractivity contribution < 1.29 is 9.21 Å². The number of rotatable bonds is 6. The summed E-state index contributed by atoms with van der Waals surface area (Å²) in [6.45, 7) is 6.71. The van der Waals surface area contributed by atoms with E-state index < -0.39 is 0 Å². The lowest BCUT2D eigenvalue weighted by Gasteiger charge is -2.16. The molecule has 0 aliphatic heterocycles. The number of carbonyl (C=O) groups excluding carboxylic acids is 1. The molecule has 0 aliphatic carbocycles. The second kappa shape index (κ2) is 7.80. The molecule has 2 aromatic heterocycles. The van der Waals surface area contributed by atoms with Gasteiger partial charge in [0, 0.05) is 5.69 Å². The van der Waals surface area contributed by atoms with E-state index in [1.807, 2.05) is 50.2 Å². The van der Waals surface area contributed by atoms with Crippen molar-refractivity contribution in [1.82, 2.24) is 15.1 Å². The third-order valence-electron chi connectivity index (χ3n) is 3.96. The Morgan fingerprint density at radius 3 is 2.62 bits per heavy atom. The Morgan fingerprint density at radius 1 is 1.23 bits per heavy atom. The lowest BCUT2D eigenvalue weighted by molar-refractivity contribution is -0.117. The molecule has 136 valence electrons. The molecule has 0 aliphatic rings. The van der Waals surface area contributed by atoms with Crippen LogP contribution in [0.4, 0.5) is 5.69 Å². The molecule has 3 aromatic rings. The average Bonchev–Trinajstić information content (AvgIpc) is 3.21. The molecule has 6 nitrogen and oxygen atoms in total. The molecule has 0 atom stereocenters. The minimum absolute atomic E-state index is 0.0689. The maximum Gasteiger partial charge on any atom is 0.257 e. The number of amides is 1. The van der Waals surface area contributed by atoms with Gasteiger partial charge in [0.25, 0.3) is 5.89 Å². The zero-order chi connectivity index (χ0) is 18.7. The van der Waals surface area contributed by atoms with Gasteiger partial charge in [0.2, 0.25) is 11.8 Å². The number of nitrogens with one attached hydrogen (secondary N) is 1. The zero-order valence-corrected chi connectivity index (χ0v) is 16.2. The Balaban J connectivity index is 1.58. The normalized spacial score (nSPS) is 11.1. The van der Waals surface area contributed by atoms with Crippen molar-refractivity contribution in [3.05, 3.63) is 52.2 Å². The summed E-state index contributed by atoms with van der Waals surface area (Å²) in [6.07, 6.45) is 0. The lowest BCUT2D eigenvalue weighted by atomic mass is 10.1. The van der Waals surface area contributed by atoms with Gasteiger partial charge in [-0.05, 0) is 50.4 Å². The van der Waals surface area contributed by atoms with Gasteiger partial charge in [-0.3, -0.25) is 9.69 Å².